The van der Waals surface area contributed by atoms with Gasteiger partial charge in [0.15, 0.2) is 0 Å². The summed E-state index contributed by atoms with van der Waals surface area (Å²) in [6, 6.07) is 6.76. The SMILES string of the molecule is COC(=O)c1cccc(NN)c1. The summed E-state index contributed by atoms with van der Waals surface area (Å²) in [6.07, 6.45) is 0. The Balaban J connectivity index is 2.93. The molecular formula is C8H10N2O2. The van der Waals surface area contributed by atoms with Crippen molar-refractivity contribution in [3.63, 3.8) is 0 Å². The van der Waals surface area contributed by atoms with E-state index in [2.05, 4.69) is 10.2 Å². The van der Waals surface area contributed by atoms with Crippen molar-refractivity contribution >= 4 is 11.7 Å². The molecule has 0 saturated carbocycles. The fourth-order valence-electron chi connectivity index (χ4n) is 0.854. The molecule has 0 aliphatic carbocycles. The molecule has 64 valence electrons. The van der Waals surface area contributed by atoms with Gasteiger partial charge in [-0.25, -0.2) is 4.79 Å². The van der Waals surface area contributed by atoms with Crippen LogP contribution in [-0.2, 0) is 4.74 Å². The van der Waals surface area contributed by atoms with Gasteiger partial charge < -0.3 is 10.2 Å². The maximum absolute atomic E-state index is 11.0. The van der Waals surface area contributed by atoms with Crippen molar-refractivity contribution in [2.75, 3.05) is 12.5 Å². The van der Waals surface area contributed by atoms with Gasteiger partial charge in [0.1, 0.15) is 0 Å². The summed E-state index contributed by atoms with van der Waals surface area (Å²) in [5.74, 6) is 4.79. The van der Waals surface area contributed by atoms with Gasteiger partial charge in [-0.2, -0.15) is 0 Å². The quantitative estimate of drug-likeness (QED) is 0.386. The Morgan fingerprint density at radius 3 is 2.92 bits per heavy atom. The zero-order chi connectivity index (χ0) is 8.97. The molecular weight excluding hydrogens is 156 g/mol. The average molecular weight is 166 g/mol. The number of benzene rings is 1. The topological polar surface area (TPSA) is 64.3 Å². The van der Waals surface area contributed by atoms with E-state index < -0.39 is 0 Å². The van der Waals surface area contributed by atoms with Gasteiger partial charge >= 0.3 is 5.97 Å². The number of ether oxygens (including phenoxy) is 1. The lowest BCUT2D eigenvalue weighted by molar-refractivity contribution is 0.0601. The van der Waals surface area contributed by atoms with Gasteiger partial charge in [-0.15, -0.1) is 0 Å². The van der Waals surface area contributed by atoms with Gasteiger partial charge in [-0.1, -0.05) is 6.07 Å². The second-order valence-corrected chi connectivity index (χ2v) is 2.22. The molecule has 12 heavy (non-hydrogen) atoms. The highest BCUT2D eigenvalue weighted by Gasteiger charge is 2.03. The van der Waals surface area contributed by atoms with Crippen LogP contribution in [0.2, 0.25) is 0 Å². The van der Waals surface area contributed by atoms with E-state index in [1.54, 1.807) is 24.3 Å². The monoisotopic (exact) mass is 166 g/mol. The Morgan fingerprint density at radius 1 is 1.58 bits per heavy atom. The second-order valence-electron chi connectivity index (χ2n) is 2.22. The van der Waals surface area contributed by atoms with Crippen LogP contribution >= 0.6 is 0 Å². The molecule has 0 bridgehead atoms. The number of nitrogen functional groups attached to an aromatic ring is 1. The first-order chi connectivity index (χ1) is 5.77. The summed E-state index contributed by atoms with van der Waals surface area (Å²) in [6.45, 7) is 0. The summed E-state index contributed by atoms with van der Waals surface area (Å²) >= 11 is 0. The van der Waals surface area contributed by atoms with E-state index in [1.165, 1.54) is 7.11 Å². The van der Waals surface area contributed by atoms with E-state index >= 15 is 0 Å². The number of anilines is 1. The van der Waals surface area contributed by atoms with Gasteiger partial charge in [-0.3, -0.25) is 5.84 Å². The van der Waals surface area contributed by atoms with Crippen LogP contribution in [0.4, 0.5) is 5.69 Å². The molecule has 0 heterocycles. The highest BCUT2D eigenvalue weighted by Crippen LogP contribution is 2.09. The van der Waals surface area contributed by atoms with Crippen LogP contribution in [0, 0.1) is 0 Å². The number of hydrazine groups is 1. The highest BCUT2D eigenvalue weighted by atomic mass is 16.5. The Hall–Kier alpha value is -1.55. The maximum atomic E-state index is 11.0. The predicted octanol–water partition coefficient (Wildman–Crippen LogP) is 0.759. The van der Waals surface area contributed by atoms with E-state index in [0.717, 1.165) is 0 Å². The van der Waals surface area contributed by atoms with Crippen molar-refractivity contribution in [3.8, 4) is 0 Å². The number of hydrogen-bond donors (Lipinski definition) is 2. The molecule has 0 aliphatic heterocycles. The van der Waals surface area contributed by atoms with Crippen molar-refractivity contribution in [3.05, 3.63) is 29.8 Å². The Labute approximate surface area is 70.3 Å². The van der Waals surface area contributed by atoms with Crippen LogP contribution in [0.25, 0.3) is 0 Å². The molecule has 1 aromatic carbocycles. The molecule has 1 rings (SSSR count). The number of carbonyl (C=O) groups excluding carboxylic acids is 1. The maximum Gasteiger partial charge on any atom is 0.337 e. The third-order valence-corrected chi connectivity index (χ3v) is 1.45. The number of esters is 1. The van der Waals surface area contributed by atoms with Crippen molar-refractivity contribution in [1.29, 1.82) is 0 Å². The molecule has 0 fully saturated rings. The van der Waals surface area contributed by atoms with Gasteiger partial charge in [0.2, 0.25) is 0 Å². The van der Waals surface area contributed by atoms with Crippen LogP contribution in [0.1, 0.15) is 10.4 Å². The lowest BCUT2D eigenvalue weighted by Crippen LogP contribution is -2.08. The number of nitrogens with one attached hydrogen (secondary N) is 1. The number of hydrogen-bond acceptors (Lipinski definition) is 4. The van der Waals surface area contributed by atoms with Crippen molar-refractivity contribution < 1.29 is 9.53 Å². The molecule has 0 unspecified atom stereocenters. The van der Waals surface area contributed by atoms with Crippen LogP contribution in [0.3, 0.4) is 0 Å². The minimum atomic E-state index is -0.368. The molecule has 0 saturated heterocycles. The first-order valence-electron chi connectivity index (χ1n) is 3.43. The third-order valence-electron chi connectivity index (χ3n) is 1.45. The molecule has 4 heteroatoms. The van der Waals surface area contributed by atoms with Crippen LogP contribution in [-0.4, -0.2) is 13.1 Å². The van der Waals surface area contributed by atoms with E-state index in [-0.39, 0.29) is 5.97 Å². The normalized spacial score (nSPS) is 9.17. The first-order valence-corrected chi connectivity index (χ1v) is 3.43. The van der Waals surface area contributed by atoms with Crippen molar-refractivity contribution in [2.45, 2.75) is 0 Å². The molecule has 1 aromatic rings. The minimum absolute atomic E-state index is 0.368. The zero-order valence-electron chi connectivity index (χ0n) is 6.70. The number of methoxy groups -OCH3 is 1. The number of nitrogens with two attached hydrogens (primary N) is 1. The lowest BCUT2D eigenvalue weighted by Gasteiger charge is -2.01. The molecule has 0 radical (unpaired) electrons. The molecule has 3 N–H and O–H groups in total. The molecule has 0 aromatic heterocycles. The summed E-state index contributed by atoms with van der Waals surface area (Å²) in [5, 5.41) is 0. The van der Waals surface area contributed by atoms with Crippen molar-refractivity contribution in [1.82, 2.24) is 0 Å². The summed E-state index contributed by atoms with van der Waals surface area (Å²) in [7, 11) is 1.34. The van der Waals surface area contributed by atoms with Crippen LogP contribution in [0.5, 0.6) is 0 Å². The van der Waals surface area contributed by atoms with E-state index in [1.807, 2.05) is 0 Å². The zero-order valence-corrected chi connectivity index (χ0v) is 6.70. The van der Waals surface area contributed by atoms with E-state index in [9.17, 15) is 4.79 Å². The largest absolute Gasteiger partial charge is 0.465 e. The fraction of sp³-hybridized carbons (Fsp3) is 0.125. The van der Waals surface area contributed by atoms with E-state index in [0.29, 0.717) is 11.3 Å². The average Bonchev–Trinajstić information content (AvgIpc) is 2.17. The molecule has 4 nitrogen and oxygen atoms in total. The fourth-order valence-corrected chi connectivity index (χ4v) is 0.854. The molecule has 0 atom stereocenters. The van der Waals surface area contributed by atoms with Gasteiger partial charge in [0, 0.05) is 5.69 Å². The van der Waals surface area contributed by atoms with Gasteiger partial charge in [0.05, 0.1) is 12.7 Å². The standard InChI is InChI=1S/C8H10N2O2/c1-12-8(11)6-3-2-4-7(5-6)10-9/h2-5,10H,9H2,1H3. The summed E-state index contributed by atoms with van der Waals surface area (Å²) in [4.78, 5) is 11.0. The number of rotatable bonds is 2. The van der Waals surface area contributed by atoms with Crippen molar-refractivity contribution in [2.24, 2.45) is 5.84 Å². The molecule has 0 aliphatic rings. The summed E-state index contributed by atoms with van der Waals surface area (Å²) in [5.41, 5.74) is 3.60. The van der Waals surface area contributed by atoms with Gasteiger partial charge in [0.25, 0.3) is 0 Å². The summed E-state index contributed by atoms with van der Waals surface area (Å²) < 4.78 is 4.53. The molecule has 0 spiro atoms. The third kappa shape index (κ3) is 1.73. The Kier molecular flexibility index (Phi) is 2.66. The van der Waals surface area contributed by atoms with Crippen LogP contribution in [0.15, 0.2) is 24.3 Å². The predicted molar refractivity (Wildman–Crippen MR) is 45.6 cm³/mol. The first kappa shape index (κ1) is 8.55. The number of carbonyl (C=O) groups is 1. The Bertz CT molecular complexity index is 286. The molecule has 0 amide bonds. The minimum Gasteiger partial charge on any atom is -0.465 e. The van der Waals surface area contributed by atoms with Gasteiger partial charge in [-0.05, 0) is 18.2 Å². The van der Waals surface area contributed by atoms with E-state index in [4.69, 9.17) is 5.84 Å². The lowest BCUT2D eigenvalue weighted by atomic mass is 10.2. The smallest absolute Gasteiger partial charge is 0.337 e. The van der Waals surface area contributed by atoms with Crippen LogP contribution < -0.4 is 11.3 Å². The Morgan fingerprint density at radius 2 is 2.33 bits per heavy atom. The highest BCUT2D eigenvalue weighted by molar-refractivity contribution is 5.90. The second kappa shape index (κ2) is 3.73.